The van der Waals surface area contributed by atoms with Gasteiger partial charge in [0.25, 0.3) is 0 Å². The van der Waals surface area contributed by atoms with Gasteiger partial charge >= 0.3 is 5.97 Å². The van der Waals surface area contributed by atoms with Gasteiger partial charge in [0.05, 0.1) is 0 Å². The summed E-state index contributed by atoms with van der Waals surface area (Å²) in [6.07, 6.45) is 3.60. The minimum atomic E-state index is -1.08. The van der Waals surface area contributed by atoms with Crippen molar-refractivity contribution < 1.29 is 19.5 Å². The third kappa shape index (κ3) is 5.61. The van der Waals surface area contributed by atoms with Crippen LogP contribution in [0.3, 0.4) is 0 Å². The van der Waals surface area contributed by atoms with Gasteiger partial charge in [0.15, 0.2) is 0 Å². The van der Waals surface area contributed by atoms with Crippen LogP contribution in [0.25, 0.3) is 10.9 Å². The van der Waals surface area contributed by atoms with Gasteiger partial charge in [0.1, 0.15) is 6.04 Å². The number of H-pyrrole nitrogens is 1. The van der Waals surface area contributed by atoms with Crippen LogP contribution in [0.5, 0.6) is 0 Å². The molecule has 0 aliphatic rings. The van der Waals surface area contributed by atoms with Crippen LogP contribution in [-0.4, -0.2) is 40.5 Å². The maximum atomic E-state index is 12.0. The fourth-order valence-corrected chi connectivity index (χ4v) is 2.75. The van der Waals surface area contributed by atoms with Gasteiger partial charge in [0.2, 0.25) is 11.8 Å². The number of nitrogens with one attached hydrogen (secondary N) is 3. The number of rotatable bonds is 10. The Labute approximate surface area is 152 Å². The Morgan fingerprint density at radius 1 is 1.15 bits per heavy atom. The van der Waals surface area contributed by atoms with Gasteiger partial charge in [-0.25, -0.2) is 4.79 Å². The molecule has 7 heteroatoms. The molecule has 4 N–H and O–H groups in total. The van der Waals surface area contributed by atoms with Crippen molar-refractivity contribution in [2.45, 2.75) is 45.1 Å². The Morgan fingerprint density at radius 2 is 1.88 bits per heavy atom. The number of carbonyl (C=O) groups excluding carboxylic acids is 2. The van der Waals surface area contributed by atoms with E-state index >= 15 is 0 Å². The zero-order valence-electron chi connectivity index (χ0n) is 14.9. The second-order valence-corrected chi connectivity index (χ2v) is 6.23. The first-order chi connectivity index (χ1) is 12.5. The second kappa shape index (κ2) is 9.60. The summed E-state index contributed by atoms with van der Waals surface area (Å²) >= 11 is 0. The molecular formula is C19H25N3O4. The molecule has 2 aromatic rings. The van der Waals surface area contributed by atoms with E-state index in [1.54, 1.807) is 6.20 Å². The highest BCUT2D eigenvalue weighted by molar-refractivity contribution is 5.87. The van der Waals surface area contributed by atoms with Gasteiger partial charge < -0.3 is 20.7 Å². The molecule has 0 fully saturated rings. The molecule has 140 valence electrons. The van der Waals surface area contributed by atoms with E-state index in [2.05, 4.69) is 15.6 Å². The first-order valence-electron chi connectivity index (χ1n) is 8.85. The molecule has 1 aromatic heterocycles. The smallest absolute Gasteiger partial charge is 0.326 e. The van der Waals surface area contributed by atoms with Crippen molar-refractivity contribution >= 4 is 28.7 Å². The van der Waals surface area contributed by atoms with Crippen LogP contribution in [-0.2, 0) is 20.8 Å². The first kappa shape index (κ1) is 19.5. The second-order valence-electron chi connectivity index (χ2n) is 6.23. The quantitative estimate of drug-likeness (QED) is 0.520. The molecule has 0 bridgehead atoms. The minimum absolute atomic E-state index is 0.0896. The van der Waals surface area contributed by atoms with E-state index in [1.165, 1.54) is 0 Å². The van der Waals surface area contributed by atoms with Crippen molar-refractivity contribution in [2.24, 2.45) is 0 Å². The molecule has 2 amide bonds. The number of aliphatic carboxylic acids is 1. The summed E-state index contributed by atoms with van der Waals surface area (Å²) in [6, 6.07) is 6.61. The van der Waals surface area contributed by atoms with E-state index in [0.717, 1.165) is 22.9 Å². The van der Waals surface area contributed by atoms with Gasteiger partial charge in [-0.05, 0) is 24.5 Å². The molecule has 0 aliphatic carbocycles. The zero-order valence-corrected chi connectivity index (χ0v) is 14.9. The lowest BCUT2D eigenvalue weighted by atomic mass is 10.0. The van der Waals surface area contributed by atoms with Crippen molar-refractivity contribution in [3.05, 3.63) is 36.0 Å². The summed E-state index contributed by atoms with van der Waals surface area (Å²) in [5.41, 5.74) is 1.77. The summed E-state index contributed by atoms with van der Waals surface area (Å²) in [6.45, 7) is 2.59. The SMILES string of the molecule is CCCNC(=O)CCCC(=O)NC(Cc1c[nH]c2ccccc12)C(=O)O. The third-order valence-corrected chi connectivity index (χ3v) is 4.11. The topological polar surface area (TPSA) is 111 Å². The number of amides is 2. The van der Waals surface area contributed by atoms with Crippen LogP contribution in [0.4, 0.5) is 0 Å². The Morgan fingerprint density at radius 3 is 2.62 bits per heavy atom. The molecule has 0 spiro atoms. The number of para-hydroxylation sites is 1. The summed E-state index contributed by atoms with van der Waals surface area (Å²) in [7, 11) is 0. The van der Waals surface area contributed by atoms with Crippen molar-refractivity contribution in [3.8, 4) is 0 Å². The lowest BCUT2D eigenvalue weighted by Crippen LogP contribution is -2.42. The van der Waals surface area contributed by atoms with Crippen LogP contribution >= 0.6 is 0 Å². The Hall–Kier alpha value is -2.83. The van der Waals surface area contributed by atoms with Gasteiger partial charge in [0, 0.05) is 42.9 Å². The van der Waals surface area contributed by atoms with Crippen molar-refractivity contribution in [1.29, 1.82) is 0 Å². The van der Waals surface area contributed by atoms with Crippen LogP contribution < -0.4 is 10.6 Å². The maximum Gasteiger partial charge on any atom is 0.326 e. The summed E-state index contributed by atoms with van der Waals surface area (Å²) in [5, 5.41) is 15.7. The van der Waals surface area contributed by atoms with Gasteiger partial charge in [-0.3, -0.25) is 9.59 Å². The number of benzene rings is 1. The highest BCUT2D eigenvalue weighted by Gasteiger charge is 2.21. The molecule has 0 saturated carbocycles. The molecule has 1 heterocycles. The highest BCUT2D eigenvalue weighted by atomic mass is 16.4. The molecule has 26 heavy (non-hydrogen) atoms. The van der Waals surface area contributed by atoms with Gasteiger partial charge in [-0.1, -0.05) is 25.1 Å². The highest BCUT2D eigenvalue weighted by Crippen LogP contribution is 2.19. The van der Waals surface area contributed by atoms with Crippen LogP contribution in [0.1, 0.15) is 38.2 Å². The van der Waals surface area contributed by atoms with E-state index in [-0.39, 0.29) is 31.1 Å². The predicted molar refractivity (Wildman–Crippen MR) is 98.7 cm³/mol. The molecule has 0 saturated heterocycles. The summed E-state index contributed by atoms with van der Waals surface area (Å²) in [4.78, 5) is 38.1. The normalized spacial score (nSPS) is 11.9. The standard InChI is InChI=1S/C19H25N3O4/c1-2-10-20-17(23)8-5-9-18(24)22-16(19(25)26)11-13-12-21-15-7-4-3-6-14(13)15/h3-4,6-7,12,16,21H,2,5,8-11H2,1H3,(H,20,23)(H,22,24)(H,25,26). The molecule has 2 rings (SSSR count). The van der Waals surface area contributed by atoms with Crippen molar-refractivity contribution in [2.75, 3.05) is 6.54 Å². The minimum Gasteiger partial charge on any atom is -0.480 e. The van der Waals surface area contributed by atoms with E-state index < -0.39 is 12.0 Å². The Balaban J connectivity index is 1.87. The number of carboxylic acids is 1. The van der Waals surface area contributed by atoms with Crippen LogP contribution in [0, 0.1) is 0 Å². The van der Waals surface area contributed by atoms with E-state index in [9.17, 15) is 19.5 Å². The molecule has 1 atom stereocenters. The van der Waals surface area contributed by atoms with E-state index in [1.807, 2.05) is 31.2 Å². The molecule has 1 unspecified atom stereocenters. The number of carbonyl (C=O) groups is 3. The average molecular weight is 359 g/mol. The van der Waals surface area contributed by atoms with Gasteiger partial charge in [-0.15, -0.1) is 0 Å². The molecule has 7 nitrogen and oxygen atoms in total. The van der Waals surface area contributed by atoms with Crippen LogP contribution in [0.15, 0.2) is 30.5 Å². The fourth-order valence-electron chi connectivity index (χ4n) is 2.75. The number of fused-ring (bicyclic) bond motifs is 1. The number of hydrogen-bond acceptors (Lipinski definition) is 3. The summed E-state index contributed by atoms with van der Waals surface area (Å²) < 4.78 is 0. The molecule has 0 radical (unpaired) electrons. The molecule has 1 aromatic carbocycles. The van der Waals surface area contributed by atoms with Gasteiger partial charge in [-0.2, -0.15) is 0 Å². The number of carboxylic acid groups (broad SMARTS) is 1. The number of aromatic amines is 1. The Bertz CT molecular complexity index is 769. The Kier molecular flexibility index (Phi) is 7.20. The van der Waals surface area contributed by atoms with Crippen molar-refractivity contribution in [1.82, 2.24) is 15.6 Å². The van der Waals surface area contributed by atoms with Crippen molar-refractivity contribution in [3.63, 3.8) is 0 Å². The maximum absolute atomic E-state index is 12.0. The first-order valence-corrected chi connectivity index (χ1v) is 8.85. The molecular weight excluding hydrogens is 334 g/mol. The van der Waals surface area contributed by atoms with E-state index in [4.69, 9.17) is 0 Å². The fraction of sp³-hybridized carbons (Fsp3) is 0.421. The predicted octanol–water partition coefficient (Wildman–Crippen LogP) is 1.98. The monoisotopic (exact) mass is 359 g/mol. The average Bonchev–Trinajstić information content (AvgIpc) is 3.02. The van der Waals surface area contributed by atoms with E-state index in [0.29, 0.717) is 13.0 Å². The third-order valence-electron chi connectivity index (χ3n) is 4.11. The summed E-state index contributed by atoms with van der Waals surface area (Å²) in [5.74, 6) is -1.53. The number of aromatic nitrogens is 1. The van der Waals surface area contributed by atoms with Crippen LogP contribution in [0.2, 0.25) is 0 Å². The lowest BCUT2D eigenvalue weighted by Gasteiger charge is -2.14. The zero-order chi connectivity index (χ0) is 18.9. The lowest BCUT2D eigenvalue weighted by molar-refractivity contribution is -0.141. The number of hydrogen-bond donors (Lipinski definition) is 4. The molecule has 0 aliphatic heterocycles. The largest absolute Gasteiger partial charge is 0.480 e.